The molecule has 0 N–H and O–H groups in total. The summed E-state index contributed by atoms with van der Waals surface area (Å²) >= 11 is 0. The standard InChI is InChI=1S/C10H26O4S2Si2/c1-11-17(5,12-2)9-7-15-16-8-10-18(6,13-3)14-4/h7-10H2,1-6H3. The van der Waals surface area contributed by atoms with Crippen LogP contribution in [-0.4, -0.2) is 57.1 Å². The van der Waals surface area contributed by atoms with Crippen molar-refractivity contribution < 1.29 is 17.7 Å². The summed E-state index contributed by atoms with van der Waals surface area (Å²) in [5.74, 6) is 2.13. The molecule has 4 nitrogen and oxygen atoms in total. The monoisotopic (exact) mass is 330 g/mol. The topological polar surface area (TPSA) is 36.9 Å². The van der Waals surface area contributed by atoms with Crippen LogP contribution >= 0.6 is 21.6 Å². The van der Waals surface area contributed by atoms with Gasteiger partial charge in [0, 0.05) is 52.0 Å². The molecule has 0 aromatic rings. The van der Waals surface area contributed by atoms with Gasteiger partial charge in [-0.2, -0.15) is 0 Å². The van der Waals surface area contributed by atoms with Gasteiger partial charge in [-0.15, -0.1) is 0 Å². The van der Waals surface area contributed by atoms with Gasteiger partial charge in [-0.25, -0.2) is 0 Å². The third-order valence-electron chi connectivity index (χ3n) is 3.09. The van der Waals surface area contributed by atoms with E-state index in [0.29, 0.717) is 0 Å². The van der Waals surface area contributed by atoms with E-state index in [9.17, 15) is 0 Å². The van der Waals surface area contributed by atoms with Gasteiger partial charge in [0.1, 0.15) is 0 Å². The Morgan fingerprint density at radius 1 is 0.667 bits per heavy atom. The third-order valence-corrected chi connectivity index (χ3v) is 12.0. The third kappa shape index (κ3) is 7.54. The summed E-state index contributed by atoms with van der Waals surface area (Å²) in [6.45, 7) is 4.19. The van der Waals surface area contributed by atoms with E-state index in [1.54, 1.807) is 28.4 Å². The highest BCUT2D eigenvalue weighted by molar-refractivity contribution is 8.76. The number of hydrogen-bond acceptors (Lipinski definition) is 6. The normalized spacial score (nSPS) is 13.0. The zero-order chi connectivity index (χ0) is 14.1. The maximum Gasteiger partial charge on any atom is 0.335 e. The van der Waals surface area contributed by atoms with Crippen LogP contribution in [0.3, 0.4) is 0 Å². The zero-order valence-corrected chi connectivity index (χ0v) is 15.9. The van der Waals surface area contributed by atoms with Gasteiger partial charge in [0.15, 0.2) is 0 Å². The largest absolute Gasteiger partial charge is 0.398 e. The lowest BCUT2D eigenvalue weighted by molar-refractivity contribution is 0.251. The Kier molecular flexibility index (Phi) is 10.3. The van der Waals surface area contributed by atoms with E-state index in [0.717, 1.165) is 23.6 Å². The van der Waals surface area contributed by atoms with E-state index in [4.69, 9.17) is 17.7 Å². The molecular weight excluding hydrogens is 304 g/mol. The highest BCUT2D eigenvalue weighted by Crippen LogP contribution is 2.28. The maximum absolute atomic E-state index is 5.44. The summed E-state index contributed by atoms with van der Waals surface area (Å²) in [4.78, 5) is 0. The van der Waals surface area contributed by atoms with E-state index in [2.05, 4.69) is 13.1 Å². The van der Waals surface area contributed by atoms with Crippen LogP contribution in [0.25, 0.3) is 0 Å². The van der Waals surface area contributed by atoms with Gasteiger partial charge in [-0.3, -0.25) is 0 Å². The molecule has 0 amide bonds. The van der Waals surface area contributed by atoms with Crippen molar-refractivity contribution >= 4 is 38.7 Å². The molecule has 0 saturated carbocycles. The molecule has 110 valence electrons. The zero-order valence-electron chi connectivity index (χ0n) is 12.3. The van der Waals surface area contributed by atoms with Crippen molar-refractivity contribution in [1.82, 2.24) is 0 Å². The molecule has 0 aromatic heterocycles. The summed E-state index contributed by atoms with van der Waals surface area (Å²) in [6, 6.07) is 2.03. The predicted octanol–water partition coefficient (Wildman–Crippen LogP) is 3.10. The fourth-order valence-electron chi connectivity index (χ4n) is 1.15. The van der Waals surface area contributed by atoms with Crippen molar-refractivity contribution in [1.29, 1.82) is 0 Å². The van der Waals surface area contributed by atoms with Gasteiger partial charge in [-0.05, 0) is 13.1 Å². The Labute approximate surface area is 121 Å². The van der Waals surface area contributed by atoms with Crippen molar-refractivity contribution in [3.8, 4) is 0 Å². The van der Waals surface area contributed by atoms with Gasteiger partial charge in [-0.1, -0.05) is 21.6 Å². The molecule has 0 bridgehead atoms. The van der Waals surface area contributed by atoms with Crippen molar-refractivity contribution in [3.05, 3.63) is 0 Å². The molecule has 0 aliphatic carbocycles. The maximum atomic E-state index is 5.44. The van der Waals surface area contributed by atoms with Crippen molar-refractivity contribution in [2.45, 2.75) is 25.2 Å². The molecule has 0 radical (unpaired) electrons. The fraction of sp³-hybridized carbons (Fsp3) is 1.00. The SMILES string of the molecule is CO[Si](C)(CCSSCC[Si](C)(OC)OC)OC. The minimum absolute atomic E-state index is 1.01. The van der Waals surface area contributed by atoms with E-state index in [-0.39, 0.29) is 0 Å². The molecule has 0 aromatic carbocycles. The van der Waals surface area contributed by atoms with Gasteiger partial charge < -0.3 is 17.7 Å². The highest BCUT2D eigenvalue weighted by Gasteiger charge is 2.29. The molecule has 0 atom stereocenters. The summed E-state index contributed by atoms with van der Waals surface area (Å²) in [5.41, 5.74) is 0. The van der Waals surface area contributed by atoms with Crippen molar-refractivity contribution in [2.75, 3.05) is 39.9 Å². The summed E-state index contributed by atoms with van der Waals surface area (Å²) in [7, 11) is 6.94. The van der Waals surface area contributed by atoms with Crippen molar-refractivity contribution in [2.24, 2.45) is 0 Å². The molecule has 0 unspecified atom stereocenters. The summed E-state index contributed by atoms with van der Waals surface area (Å²) < 4.78 is 21.8. The summed E-state index contributed by atoms with van der Waals surface area (Å²) in [5, 5.41) is 0. The predicted molar refractivity (Wildman–Crippen MR) is 85.8 cm³/mol. The van der Waals surface area contributed by atoms with Crippen LogP contribution in [0.1, 0.15) is 0 Å². The number of rotatable bonds is 11. The second-order valence-corrected chi connectivity index (χ2v) is 14.1. The van der Waals surface area contributed by atoms with Crippen LogP contribution in [0.4, 0.5) is 0 Å². The minimum atomic E-state index is -1.88. The van der Waals surface area contributed by atoms with Crippen LogP contribution < -0.4 is 0 Å². The minimum Gasteiger partial charge on any atom is -0.398 e. The molecule has 18 heavy (non-hydrogen) atoms. The first kappa shape index (κ1) is 19.0. The van der Waals surface area contributed by atoms with Crippen LogP contribution in [0.2, 0.25) is 25.2 Å². The van der Waals surface area contributed by atoms with E-state index in [1.807, 2.05) is 21.6 Å². The first-order valence-electron chi connectivity index (χ1n) is 5.90. The van der Waals surface area contributed by atoms with Gasteiger partial charge >= 0.3 is 17.1 Å². The van der Waals surface area contributed by atoms with Crippen LogP contribution in [-0.2, 0) is 17.7 Å². The molecule has 0 saturated heterocycles. The van der Waals surface area contributed by atoms with E-state index in [1.165, 1.54) is 0 Å². The molecule has 0 heterocycles. The second-order valence-electron chi connectivity index (χ2n) is 4.23. The average molecular weight is 331 g/mol. The Hall–Kier alpha value is 0.974. The molecule has 0 fully saturated rings. The van der Waals surface area contributed by atoms with Crippen molar-refractivity contribution in [3.63, 3.8) is 0 Å². The Morgan fingerprint density at radius 3 is 1.17 bits per heavy atom. The van der Waals surface area contributed by atoms with E-state index < -0.39 is 17.1 Å². The number of hydrogen-bond donors (Lipinski definition) is 0. The lowest BCUT2D eigenvalue weighted by atomic mass is 11.0. The first-order valence-corrected chi connectivity index (χ1v) is 13.4. The molecule has 0 rings (SSSR count). The quantitative estimate of drug-likeness (QED) is 0.329. The second kappa shape index (κ2) is 9.81. The van der Waals surface area contributed by atoms with Crippen LogP contribution in [0.15, 0.2) is 0 Å². The molecule has 0 aliphatic rings. The van der Waals surface area contributed by atoms with Gasteiger partial charge in [0.2, 0.25) is 0 Å². The van der Waals surface area contributed by atoms with Crippen LogP contribution in [0, 0.1) is 0 Å². The Balaban J connectivity index is 3.63. The van der Waals surface area contributed by atoms with Gasteiger partial charge in [0.25, 0.3) is 0 Å². The Morgan fingerprint density at radius 2 is 0.944 bits per heavy atom. The molecule has 0 aliphatic heterocycles. The highest BCUT2D eigenvalue weighted by atomic mass is 33.1. The smallest absolute Gasteiger partial charge is 0.335 e. The Bertz CT molecular complexity index is 192. The fourth-order valence-corrected chi connectivity index (χ4v) is 8.37. The molecular formula is C10H26O4S2Si2. The lowest BCUT2D eigenvalue weighted by Crippen LogP contribution is -2.36. The lowest BCUT2D eigenvalue weighted by Gasteiger charge is -2.23. The van der Waals surface area contributed by atoms with E-state index >= 15 is 0 Å². The average Bonchev–Trinajstić information content (AvgIpc) is 2.42. The molecule has 0 spiro atoms. The summed E-state index contributed by atoms with van der Waals surface area (Å²) in [6.07, 6.45) is 0. The first-order chi connectivity index (χ1) is 8.45. The van der Waals surface area contributed by atoms with Gasteiger partial charge in [0.05, 0.1) is 0 Å². The molecule has 8 heteroatoms. The van der Waals surface area contributed by atoms with Crippen LogP contribution in [0.5, 0.6) is 0 Å².